The van der Waals surface area contributed by atoms with E-state index < -0.39 is 5.60 Å². The molecule has 1 saturated heterocycles. The molecule has 0 radical (unpaired) electrons. The standard InChI is InChI=1S/C14H18N4O3/c1-2-20-14(5-7-19-10-14)12-17-18-13(21-12)16-9-11-4-3-6-15-8-11/h3-4,6,8H,2,5,7,9-10H2,1H3,(H,16,18). The Morgan fingerprint density at radius 3 is 3.10 bits per heavy atom. The van der Waals surface area contributed by atoms with Crippen molar-refractivity contribution >= 4 is 6.01 Å². The molecule has 0 aliphatic carbocycles. The molecule has 3 heterocycles. The normalized spacial score (nSPS) is 21.6. The number of anilines is 1. The summed E-state index contributed by atoms with van der Waals surface area (Å²) in [7, 11) is 0. The third kappa shape index (κ3) is 3.03. The van der Waals surface area contributed by atoms with Gasteiger partial charge in [-0.15, -0.1) is 5.10 Å². The van der Waals surface area contributed by atoms with Crippen LogP contribution in [0, 0.1) is 0 Å². The maximum atomic E-state index is 5.79. The van der Waals surface area contributed by atoms with Gasteiger partial charge in [-0.2, -0.15) is 0 Å². The molecule has 1 atom stereocenters. The molecule has 1 N–H and O–H groups in total. The lowest BCUT2D eigenvalue weighted by atomic mass is 10.0. The third-order valence-electron chi connectivity index (χ3n) is 3.39. The van der Waals surface area contributed by atoms with Crippen LogP contribution in [0.2, 0.25) is 0 Å². The van der Waals surface area contributed by atoms with Crippen LogP contribution >= 0.6 is 0 Å². The first-order valence-electron chi connectivity index (χ1n) is 7.01. The number of rotatable bonds is 6. The molecule has 0 amide bonds. The topological polar surface area (TPSA) is 82.3 Å². The van der Waals surface area contributed by atoms with Crippen LogP contribution in [0.25, 0.3) is 0 Å². The Kier molecular flexibility index (Phi) is 4.12. The maximum absolute atomic E-state index is 5.79. The van der Waals surface area contributed by atoms with Crippen LogP contribution in [0.3, 0.4) is 0 Å². The van der Waals surface area contributed by atoms with E-state index in [1.807, 2.05) is 19.1 Å². The van der Waals surface area contributed by atoms with Crippen molar-refractivity contribution < 1.29 is 13.9 Å². The van der Waals surface area contributed by atoms with Crippen molar-refractivity contribution in [2.75, 3.05) is 25.1 Å². The van der Waals surface area contributed by atoms with Crippen molar-refractivity contribution in [3.05, 3.63) is 36.0 Å². The molecule has 7 heteroatoms. The summed E-state index contributed by atoms with van der Waals surface area (Å²) in [5.41, 5.74) is 0.441. The highest BCUT2D eigenvalue weighted by Crippen LogP contribution is 2.34. The number of nitrogens with zero attached hydrogens (tertiary/aromatic N) is 3. The fourth-order valence-electron chi connectivity index (χ4n) is 2.33. The number of ether oxygens (including phenoxy) is 2. The predicted octanol–water partition coefficient (Wildman–Crippen LogP) is 1.73. The van der Waals surface area contributed by atoms with E-state index in [1.165, 1.54) is 0 Å². The molecule has 1 aliphatic rings. The van der Waals surface area contributed by atoms with Crippen LogP contribution in [-0.2, 0) is 21.6 Å². The Balaban J connectivity index is 1.68. The van der Waals surface area contributed by atoms with E-state index in [0.717, 1.165) is 12.0 Å². The van der Waals surface area contributed by atoms with E-state index >= 15 is 0 Å². The van der Waals surface area contributed by atoms with Crippen LogP contribution in [-0.4, -0.2) is 35.0 Å². The highest BCUT2D eigenvalue weighted by molar-refractivity contribution is 5.22. The second-order valence-electron chi connectivity index (χ2n) is 4.86. The van der Waals surface area contributed by atoms with Gasteiger partial charge in [-0.1, -0.05) is 11.2 Å². The zero-order chi connectivity index (χ0) is 14.5. The van der Waals surface area contributed by atoms with Gasteiger partial charge in [0, 0.05) is 32.0 Å². The number of aromatic nitrogens is 3. The summed E-state index contributed by atoms with van der Waals surface area (Å²) in [5, 5.41) is 11.2. The first kappa shape index (κ1) is 14.0. The van der Waals surface area contributed by atoms with Gasteiger partial charge in [0.25, 0.3) is 5.89 Å². The number of hydrogen-bond donors (Lipinski definition) is 1. The van der Waals surface area contributed by atoms with Crippen LogP contribution in [0.5, 0.6) is 0 Å². The minimum Gasteiger partial charge on any atom is -0.405 e. The smallest absolute Gasteiger partial charge is 0.315 e. The number of nitrogens with one attached hydrogen (secondary N) is 1. The third-order valence-corrected chi connectivity index (χ3v) is 3.39. The maximum Gasteiger partial charge on any atom is 0.315 e. The SMILES string of the molecule is CCOC1(c2nnc(NCc3cccnc3)o2)CCOC1. The fraction of sp³-hybridized carbons (Fsp3) is 0.500. The van der Waals surface area contributed by atoms with Gasteiger partial charge in [0.1, 0.15) is 0 Å². The Labute approximate surface area is 122 Å². The van der Waals surface area contributed by atoms with Crippen molar-refractivity contribution in [2.24, 2.45) is 0 Å². The van der Waals surface area contributed by atoms with Crippen molar-refractivity contribution in [1.82, 2.24) is 15.2 Å². The van der Waals surface area contributed by atoms with E-state index in [-0.39, 0.29) is 0 Å². The zero-order valence-electron chi connectivity index (χ0n) is 11.9. The van der Waals surface area contributed by atoms with Gasteiger partial charge in [0.2, 0.25) is 0 Å². The molecular formula is C14H18N4O3. The number of hydrogen-bond acceptors (Lipinski definition) is 7. The lowest BCUT2D eigenvalue weighted by molar-refractivity contribution is -0.0656. The molecule has 0 spiro atoms. The van der Waals surface area contributed by atoms with Crippen molar-refractivity contribution in [2.45, 2.75) is 25.5 Å². The summed E-state index contributed by atoms with van der Waals surface area (Å²) in [6.45, 7) is 4.18. The van der Waals surface area contributed by atoms with Crippen molar-refractivity contribution in [1.29, 1.82) is 0 Å². The molecule has 0 aromatic carbocycles. The van der Waals surface area contributed by atoms with Crippen molar-refractivity contribution in [3.63, 3.8) is 0 Å². The summed E-state index contributed by atoms with van der Waals surface area (Å²) >= 11 is 0. The van der Waals surface area contributed by atoms with Gasteiger partial charge >= 0.3 is 6.01 Å². The van der Waals surface area contributed by atoms with E-state index in [1.54, 1.807) is 12.4 Å². The lowest BCUT2D eigenvalue weighted by Crippen LogP contribution is -2.30. The molecule has 1 fully saturated rings. The van der Waals surface area contributed by atoms with Gasteiger partial charge < -0.3 is 19.2 Å². The molecule has 7 nitrogen and oxygen atoms in total. The highest BCUT2D eigenvalue weighted by atomic mass is 16.6. The lowest BCUT2D eigenvalue weighted by Gasteiger charge is -2.22. The van der Waals surface area contributed by atoms with Gasteiger partial charge in [-0.3, -0.25) is 4.98 Å². The highest BCUT2D eigenvalue weighted by Gasteiger charge is 2.42. The Hall–Kier alpha value is -1.99. The zero-order valence-corrected chi connectivity index (χ0v) is 11.9. The Bertz CT molecular complexity index is 567. The molecule has 0 bridgehead atoms. The largest absolute Gasteiger partial charge is 0.405 e. The average Bonchev–Trinajstić information content (AvgIpc) is 3.16. The minimum atomic E-state index is -0.601. The van der Waals surface area contributed by atoms with E-state index in [4.69, 9.17) is 13.9 Å². The number of pyridine rings is 1. The quantitative estimate of drug-likeness (QED) is 0.867. The summed E-state index contributed by atoms with van der Waals surface area (Å²) in [5.74, 6) is 0.468. The summed E-state index contributed by atoms with van der Waals surface area (Å²) in [6, 6.07) is 4.24. The second-order valence-corrected chi connectivity index (χ2v) is 4.86. The fourth-order valence-corrected chi connectivity index (χ4v) is 2.33. The van der Waals surface area contributed by atoms with Gasteiger partial charge in [-0.05, 0) is 18.6 Å². The van der Waals surface area contributed by atoms with Gasteiger partial charge in [-0.25, -0.2) is 0 Å². The van der Waals surface area contributed by atoms with E-state index in [9.17, 15) is 0 Å². The van der Waals surface area contributed by atoms with Crippen LogP contribution in [0.1, 0.15) is 24.8 Å². The minimum absolute atomic E-state index is 0.375. The van der Waals surface area contributed by atoms with Crippen LogP contribution < -0.4 is 5.32 Å². The molecule has 1 aliphatic heterocycles. The van der Waals surface area contributed by atoms with Crippen LogP contribution in [0.15, 0.2) is 28.9 Å². The van der Waals surface area contributed by atoms with Crippen molar-refractivity contribution in [3.8, 4) is 0 Å². The Morgan fingerprint density at radius 1 is 1.43 bits per heavy atom. The molecule has 1 unspecified atom stereocenters. The Morgan fingerprint density at radius 2 is 2.38 bits per heavy atom. The predicted molar refractivity (Wildman–Crippen MR) is 74.6 cm³/mol. The molecule has 2 aromatic heterocycles. The molecule has 21 heavy (non-hydrogen) atoms. The summed E-state index contributed by atoms with van der Waals surface area (Å²) < 4.78 is 16.9. The molecule has 2 aromatic rings. The summed E-state index contributed by atoms with van der Waals surface area (Å²) in [4.78, 5) is 4.06. The van der Waals surface area contributed by atoms with E-state index in [0.29, 0.717) is 38.3 Å². The van der Waals surface area contributed by atoms with Crippen LogP contribution in [0.4, 0.5) is 6.01 Å². The average molecular weight is 290 g/mol. The van der Waals surface area contributed by atoms with E-state index in [2.05, 4.69) is 20.5 Å². The first-order valence-corrected chi connectivity index (χ1v) is 7.01. The monoisotopic (exact) mass is 290 g/mol. The summed E-state index contributed by atoms with van der Waals surface area (Å²) in [6.07, 6.45) is 4.25. The van der Waals surface area contributed by atoms with Gasteiger partial charge in [0.05, 0.1) is 13.2 Å². The van der Waals surface area contributed by atoms with Gasteiger partial charge in [0.15, 0.2) is 5.60 Å². The second kappa shape index (κ2) is 6.19. The molecule has 0 saturated carbocycles. The first-order chi connectivity index (χ1) is 10.3. The molecular weight excluding hydrogens is 272 g/mol. The molecule has 112 valence electrons. The molecule has 3 rings (SSSR count).